The lowest BCUT2D eigenvalue weighted by molar-refractivity contribution is 0.0400. The van der Waals surface area contributed by atoms with Gasteiger partial charge < -0.3 is 29.4 Å². The van der Waals surface area contributed by atoms with E-state index in [4.69, 9.17) is 20.4 Å². The molecule has 1 aliphatic rings. The quantitative estimate of drug-likeness (QED) is 0.267. The van der Waals surface area contributed by atoms with Crippen molar-refractivity contribution in [2.24, 2.45) is 5.92 Å². The van der Waals surface area contributed by atoms with Crippen molar-refractivity contribution in [3.05, 3.63) is 83.9 Å². The molecule has 4 rings (SSSR count). The SMILES string of the molecule is [2H]N(C(=O)OC(C)(C)C)[C@@H](Cc1ccc(OCc2ccccc2)cc1)[C@H](O)CN(CC(C)C)S(=O)(=O)c1ccc2c(c1)OCO2. The van der Waals surface area contributed by atoms with Gasteiger partial charge in [0.25, 0.3) is 0 Å². The van der Waals surface area contributed by atoms with Crippen molar-refractivity contribution >= 4 is 16.1 Å². The molecule has 0 bridgehead atoms. The highest BCUT2D eigenvalue weighted by atomic mass is 32.2. The molecule has 2 atom stereocenters. The first kappa shape index (κ1) is 31.6. The molecule has 44 heavy (non-hydrogen) atoms. The van der Waals surface area contributed by atoms with E-state index >= 15 is 0 Å². The van der Waals surface area contributed by atoms with Crippen molar-refractivity contribution in [3.8, 4) is 17.2 Å². The smallest absolute Gasteiger partial charge is 0.407 e. The van der Waals surface area contributed by atoms with Crippen molar-refractivity contribution in [2.75, 3.05) is 19.9 Å². The zero-order valence-corrected chi connectivity index (χ0v) is 26.6. The molecular formula is C33H42N2O8S. The molecule has 0 aromatic heterocycles. The van der Waals surface area contributed by atoms with Crippen LogP contribution >= 0.6 is 0 Å². The lowest BCUT2D eigenvalue weighted by Gasteiger charge is -2.31. The van der Waals surface area contributed by atoms with E-state index in [0.717, 1.165) is 5.56 Å². The fourth-order valence-corrected chi connectivity index (χ4v) is 6.23. The molecule has 3 aromatic carbocycles. The number of rotatable bonds is 13. The van der Waals surface area contributed by atoms with Crippen molar-refractivity contribution in [3.63, 3.8) is 0 Å². The van der Waals surface area contributed by atoms with Gasteiger partial charge in [0.2, 0.25) is 16.8 Å². The average Bonchev–Trinajstić information content (AvgIpc) is 3.46. The van der Waals surface area contributed by atoms with Crippen LogP contribution in [0, 0.1) is 5.92 Å². The number of sulfonamides is 1. The minimum Gasteiger partial charge on any atom is -0.489 e. The van der Waals surface area contributed by atoms with Crippen LogP contribution in [0.15, 0.2) is 77.7 Å². The van der Waals surface area contributed by atoms with Gasteiger partial charge in [-0.05, 0) is 68.5 Å². The third-order valence-corrected chi connectivity index (χ3v) is 8.49. The molecule has 0 radical (unpaired) electrons. The normalized spacial score (nSPS) is 14.7. The second kappa shape index (κ2) is 14.3. The van der Waals surface area contributed by atoms with E-state index in [2.05, 4.69) is 0 Å². The highest BCUT2D eigenvalue weighted by Gasteiger charge is 2.33. The number of fused-ring (bicyclic) bond motifs is 1. The maximum absolute atomic E-state index is 13.8. The predicted octanol–water partition coefficient (Wildman–Crippen LogP) is 5.14. The Bertz CT molecular complexity index is 1530. The zero-order chi connectivity index (χ0) is 32.8. The monoisotopic (exact) mass is 627 g/mol. The summed E-state index contributed by atoms with van der Waals surface area (Å²) in [5, 5.41) is 12.1. The maximum atomic E-state index is 13.8. The lowest BCUT2D eigenvalue weighted by atomic mass is 10.0. The summed E-state index contributed by atoms with van der Waals surface area (Å²) in [5.74, 6) is 1.31. The van der Waals surface area contributed by atoms with Crippen LogP contribution < -0.4 is 19.5 Å². The van der Waals surface area contributed by atoms with E-state index in [9.17, 15) is 18.3 Å². The number of carbonyl (C=O) groups excluding carboxylic acids is 1. The van der Waals surface area contributed by atoms with Crippen LogP contribution in [0.4, 0.5) is 4.79 Å². The van der Waals surface area contributed by atoms with Crippen molar-refractivity contribution < 1.29 is 38.7 Å². The molecule has 0 saturated carbocycles. The first-order valence-electron chi connectivity index (χ1n) is 15.0. The minimum absolute atomic E-state index is 0.000925. The summed E-state index contributed by atoms with van der Waals surface area (Å²) in [6.07, 6.45) is -2.34. The fraction of sp³-hybridized carbons (Fsp3) is 0.424. The van der Waals surface area contributed by atoms with Gasteiger partial charge in [0.05, 0.1) is 17.0 Å². The molecule has 2 N–H and O–H groups in total. The first-order valence-corrected chi connectivity index (χ1v) is 16.0. The summed E-state index contributed by atoms with van der Waals surface area (Å²) >= 11 is 0. The molecule has 10 nitrogen and oxygen atoms in total. The predicted molar refractivity (Wildman–Crippen MR) is 166 cm³/mol. The van der Waals surface area contributed by atoms with E-state index in [0.29, 0.717) is 34.7 Å². The van der Waals surface area contributed by atoms with Crippen molar-refractivity contribution in [2.45, 2.75) is 70.3 Å². The molecule has 11 heteroatoms. The summed E-state index contributed by atoms with van der Waals surface area (Å²) in [7, 11) is -4.10. The van der Waals surface area contributed by atoms with E-state index in [1.165, 1.54) is 22.5 Å². The Morgan fingerprint density at radius 2 is 1.68 bits per heavy atom. The number of nitrogens with one attached hydrogen (secondary N) is 1. The van der Waals surface area contributed by atoms with Gasteiger partial charge in [-0.2, -0.15) is 4.31 Å². The summed E-state index contributed by atoms with van der Waals surface area (Å²) < 4.78 is 59.5. The molecule has 3 aromatic rings. The molecule has 0 fully saturated rings. The van der Waals surface area contributed by atoms with E-state index in [-0.39, 0.29) is 37.1 Å². The summed E-state index contributed by atoms with van der Waals surface area (Å²) in [5.41, 5.74) is 0.852. The Morgan fingerprint density at radius 1 is 1.00 bits per heavy atom. The number of aliphatic hydroxyl groups is 1. The van der Waals surface area contributed by atoms with Crippen molar-refractivity contribution in [1.82, 2.24) is 9.62 Å². The number of hydrogen-bond acceptors (Lipinski definition) is 8. The van der Waals surface area contributed by atoms with Gasteiger partial charge in [-0.25, -0.2) is 13.2 Å². The Labute approximate surface area is 261 Å². The highest BCUT2D eigenvalue weighted by molar-refractivity contribution is 7.89. The Balaban J connectivity index is 1.56. The standard InChI is InChI=1S/C33H42N2O8S/c1-23(2)19-35(44(38,39)27-15-16-30-31(18-27)42-22-41-30)20-29(36)28(34-32(37)43-33(3,4)5)17-24-11-13-26(14-12-24)40-21-25-9-7-6-8-10-25/h6-16,18,23,28-29,36H,17,19-22H2,1-5H3,(H,34,37)/t28-,29+/m0/s1/i/hD. The average molecular weight is 628 g/mol. The van der Waals surface area contributed by atoms with Crippen LogP contribution in [0.2, 0.25) is 1.41 Å². The van der Waals surface area contributed by atoms with Gasteiger partial charge >= 0.3 is 6.09 Å². The number of aliphatic hydroxyl groups excluding tert-OH is 1. The van der Waals surface area contributed by atoms with Gasteiger partial charge in [0, 0.05) is 19.2 Å². The fourth-order valence-electron chi connectivity index (χ4n) is 4.59. The molecule has 0 aliphatic carbocycles. The van der Waals surface area contributed by atoms with Crippen LogP contribution in [-0.2, 0) is 27.8 Å². The molecule has 0 unspecified atom stereocenters. The number of hydrogen-bond donors (Lipinski definition) is 2. The third kappa shape index (κ3) is 9.35. The van der Waals surface area contributed by atoms with Crippen LogP contribution in [0.5, 0.6) is 17.2 Å². The van der Waals surface area contributed by atoms with Crippen LogP contribution in [0.25, 0.3) is 0 Å². The molecule has 1 heterocycles. The van der Waals surface area contributed by atoms with Gasteiger partial charge in [-0.1, -0.05) is 56.3 Å². The first-order chi connectivity index (χ1) is 21.2. The maximum Gasteiger partial charge on any atom is 0.407 e. The van der Waals surface area contributed by atoms with Gasteiger partial charge in [0.1, 0.15) is 18.0 Å². The molecule has 0 spiro atoms. The van der Waals surface area contributed by atoms with Crippen molar-refractivity contribution in [1.29, 1.82) is 0 Å². The second-order valence-corrected chi connectivity index (χ2v) is 14.0. The van der Waals surface area contributed by atoms with Crippen LogP contribution in [-0.4, -0.2) is 61.6 Å². The number of carbonyl (C=O) groups is 1. The Morgan fingerprint density at radius 3 is 2.34 bits per heavy atom. The van der Waals surface area contributed by atoms with Crippen LogP contribution in [0.3, 0.4) is 0 Å². The molecule has 0 saturated heterocycles. The molecule has 1 aliphatic heterocycles. The van der Waals surface area contributed by atoms with Crippen LogP contribution in [0.1, 0.15) is 45.7 Å². The second-order valence-electron chi connectivity index (χ2n) is 12.1. The highest BCUT2D eigenvalue weighted by Crippen LogP contribution is 2.35. The topological polar surface area (TPSA) is 124 Å². The number of benzene rings is 3. The molecule has 238 valence electrons. The summed E-state index contributed by atoms with van der Waals surface area (Å²) in [6, 6.07) is 20.1. The van der Waals surface area contributed by atoms with E-state index in [1.54, 1.807) is 45.0 Å². The Kier molecular flexibility index (Phi) is 10.3. The molecule has 1 amide bonds. The van der Waals surface area contributed by atoms with E-state index in [1.807, 2.05) is 44.2 Å². The van der Waals surface area contributed by atoms with Gasteiger partial charge in [0.15, 0.2) is 12.9 Å². The number of nitrogens with zero attached hydrogens (tertiary/aromatic N) is 1. The number of ether oxygens (including phenoxy) is 4. The number of alkyl carbamates (subject to hydrolysis) is 1. The van der Waals surface area contributed by atoms with E-state index < -0.39 is 33.9 Å². The number of amides is 1. The minimum atomic E-state index is -4.10. The molecular weight excluding hydrogens is 584 g/mol. The summed E-state index contributed by atoms with van der Waals surface area (Å²) in [4.78, 5) is 13.0. The third-order valence-electron chi connectivity index (χ3n) is 6.67. The summed E-state index contributed by atoms with van der Waals surface area (Å²) in [6.45, 7) is 8.90. The van der Waals surface area contributed by atoms with Gasteiger partial charge in [-0.15, -0.1) is 0 Å². The zero-order valence-electron chi connectivity index (χ0n) is 26.8. The lowest BCUT2D eigenvalue weighted by Crippen LogP contribution is -2.51. The largest absolute Gasteiger partial charge is 0.489 e. The Hall–Kier alpha value is -3.80. The van der Waals surface area contributed by atoms with Gasteiger partial charge in [-0.3, -0.25) is 0 Å².